The fourth-order valence-electron chi connectivity index (χ4n) is 4.14. The molecule has 0 aromatic heterocycles. The molecule has 0 bridgehead atoms. The summed E-state index contributed by atoms with van der Waals surface area (Å²) in [6.45, 7) is 13.9. The van der Waals surface area contributed by atoms with E-state index in [1.54, 1.807) is 0 Å². The number of rotatable bonds is 5. The number of hydrogen-bond donors (Lipinski definition) is 0. The Labute approximate surface area is 165 Å². The zero-order valence-electron chi connectivity index (χ0n) is 17.6. The van der Waals surface area contributed by atoms with Gasteiger partial charge in [-0.1, -0.05) is 108 Å². The highest BCUT2D eigenvalue weighted by Gasteiger charge is 2.22. The van der Waals surface area contributed by atoms with Gasteiger partial charge in [-0.05, 0) is 56.7 Å². The topological polar surface area (TPSA) is 0 Å². The smallest absolute Gasteiger partial charge is 0.00650 e. The summed E-state index contributed by atoms with van der Waals surface area (Å²) < 4.78 is 0. The van der Waals surface area contributed by atoms with Crippen molar-refractivity contribution in [3.63, 3.8) is 0 Å². The lowest BCUT2D eigenvalue weighted by Crippen LogP contribution is -2.05. The second-order valence-electron chi connectivity index (χ2n) is 8.41. The fourth-order valence-corrected chi connectivity index (χ4v) is 4.14. The third kappa shape index (κ3) is 3.86. The van der Waals surface area contributed by atoms with Gasteiger partial charge in [-0.15, -0.1) is 0 Å². The van der Waals surface area contributed by atoms with E-state index in [0.29, 0.717) is 17.8 Å². The van der Waals surface area contributed by atoms with Crippen molar-refractivity contribution in [1.29, 1.82) is 0 Å². The van der Waals surface area contributed by atoms with Gasteiger partial charge in [0, 0.05) is 0 Å². The standard InChI is InChI=1S/C27H32/c1-18(2)22-14-10-11-15-25(22)27-24(21-12-8-7-9-13-21)17-16-23(19(3)4)26(27)20(5)6/h7-20H,1-6H3. The van der Waals surface area contributed by atoms with Crippen LogP contribution in [0, 0.1) is 0 Å². The maximum absolute atomic E-state index is 2.35. The van der Waals surface area contributed by atoms with E-state index < -0.39 is 0 Å². The van der Waals surface area contributed by atoms with Gasteiger partial charge in [0.1, 0.15) is 0 Å². The van der Waals surface area contributed by atoms with Gasteiger partial charge < -0.3 is 0 Å². The predicted molar refractivity (Wildman–Crippen MR) is 120 cm³/mol. The van der Waals surface area contributed by atoms with Gasteiger partial charge >= 0.3 is 0 Å². The van der Waals surface area contributed by atoms with E-state index in [0.717, 1.165) is 0 Å². The summed E-state index contributed by atoms with van der Waals surface area (Å²) in [6.07, 6.45) is 0. The van der Waals surface area contributed by atoms with Crippen LogP contribution in [0.15, 0.2) is 66.7 Å². The Hall–Kier alpha value is -2.34. The zero-order valence-corrected chi connectivity index (χ0v) is 17.6. The van der Waals surface area contributed by atoms with Crippen LogP contribution in [0.25, 0.3) is 22.3 Å². The molecule has 3 rings (SSSR count). The van der Waals surface area contributed by atoms with Crippen LogP contribution in [0.3, 0.4) is 0 Å². The molecule has 0 atom stereocenters. The van der Waals surface area contributed by atoms with Crippen molar-refractivity contribution < 1.29 is 0 Å². The molecule has 0 radical (unpaired) electrons. The van der Waals surface area contributed by atoms with Crippen LogP contribution in [0.1, 0.15) is 76.0 Å². The summed E-state index contributed by atoms with van der Waals surface area (Å²) in [5, 5.41) is 0. The SMILES string of the molecule is CC(C)c1ccccc1-c1c(-c2ccccc2)ccc(C(C)C)c1C(C)C. The minimum absolute atomic E-state index is 0.473. The van der Waals surface area contributed by atoms with Gasteiger partial charge in [0.15, 0.2) is 0 Å². The predicted octanol–water partition coefficient (Wildman–Crippen LogP) is 8.39. The second-order valence-corrected chi connectivity index (χ2v) is 8.41. The first kappa shape index (κ1) is 19.4. The van der Waals surface area contributed by atoms with Crippen molar-refractivity contribution in [2.24, 2.45) is 0 Å². The van der Waals surface area contributed by atoms with E-state index in [2.05, 4.69) is 108 Å². The van der Waals surface area contributed by atoms with Crippen LogP contribution in [0.2, 0.25) is 0 Å². The summed E-state index contributed by atoms with van der Waals surface area (Å²) in [5.74, 6) is 1.48. The molecule has 0 spiro atoms. The van der Waals surface area contributed by atoms with Crippen LogP contribution in [-0.4, -0.2) is 0 Å². The fraction of sp³-hybridized carbons (Fsp3) is 0.333. The molecule has 140 valence electrons. The highest BCUT2D eigenvalue weighted by molar-refractivity contribution is 5.88. The molecule has 0 heterocycles. The molecule has 0 fully saturated rings. The molecule has 0 unspecified atom stereocenters. The third-order valence-corrected chi connectivity index (χ3v) is 5.42. The van der Waals surface area contributed by atoms with Gasteiger partial charge in [-0.3, -0.25) is 0 Å². The van der Waals surface area contributed by atoms with Crippen molar-refractivity contribution >= 4 is 0 Å². The molecule has 3 aromatic rings. The molecule has 0 heteroatoms. The molecule has 0 saturated heterocycles. The molecule has 0 aliphatic heterocycles. The van der Waals surface area contributed by atoms with Crippen LogP contribution in [0.5, 0.6) is 0 Å². The molecule has 0 aliphatic carbocycles. The summed E-state index contributed by atoms with van der Waals surface area (Å²) >= 11 is 0. The largest absolute Gasteiger partial charge is 0.0622 e. The minimum atomic E-state index is 0.473. The molecule has 0 amide bonds. The van der Waals surface area contributed by atoms with Gasteiger partial charge in [0.25, 0.3) is 0 Å². The van der Waals surface area contributed by atoms with Crippen molar-refractivity contribution in [2.45, 2.75) is 59.3 Å². The Balaban J connectivity index is 2.44. The first-order chi connectivity index (χ1) is 12.9. The Bertz CT molecular complexity index is 899. The van der Waals surface area contributed by atoms with Crippen LogP contribution >= 0.6 is 0 Å². The summed E-state index contributed by atoms with van der Waals surface area (Å²) in [4.78, 5) is 0. The van der Waals surface area contributed by atoms with Crippen molar-refractivity contribution in [2.75, 3.05) is 0 Å². The molecule has 0 aliphatic rings. The van der Waals surface area contributed by atoms with E-state index in [-0.39, 0.29) is 0 Å². The van der Waals surface area contributed by atoms with Crippen molar-refractivity contribution in [3.05, 3.63) is 83.4 Å². The van der Waals surface area contributed by atoms with Gasteiger partial charge in [0.2, 0.25) is 0 Å². The molecule has 27 heavy (non-hydrogen) atoms. The van der Waals surface area contributed by atoms with E-state index in [4.69, 9.17) is 0 Å². The summed E-state index contributed by atoms with van der Waals surface area (Å²) in [7, 11) is 0. The zero-order chi connectivity index (χ0) is 19.6. The number of benzene rings is 3. The quantitative estimate of drug-likeness (QED) is 0.430. The highest BCUT2D eigenvalue weighted by atomic mass is 14.3. The van der Waals surface area contributed by atoms with Crippen molar-refractivity contribution in [3.8, 4) is 22.3 Å². The average Bonchev–Trinajstić information content (AvgIpc) is 2.67. The lowest BCUT2D eigenvalue weighted by Gasteiger charge is -2.26. The minimum Gasteiger partial charge on any atom is -0.0622 e. The lowest BCUT2D eigenvalue weighted by atomic mass is 9.78. The first-order valence-electron chi connectivity index (χ1n) is 10.2. The maximum Gasteiger partial charge on any atom is -0.00650 e. The normalized spacial score (nSPS) is 11.6. The Kier molecular flexibility index (Phi) is 5.85. The average molecular weight is 357 g/mol. The first-order valence-corrected chi connectivity index (χ1v) is 10.2. The van der Waals surface area contributed by atoms with Gasteiger partial charge in [-0.2, -0.15) is 0 Å². The molecular formula is C27H32. The van der Waals surface area contributed by atoms with E-state index in [9.17, 15) is 0 Å². The Morgan fingerprint density at radius 1 is 0.481 bits per heavy atom. The molecule has 0 nitrogen and oxygen atoms in total. The molecule has 0 saturated carbocycles. The monoisotopic (exact) mass is 356 g/mol. The summed E-state index contributed by atoms with van der Waals surface area (Å²) in [5.41, 5.74) is 9.85. The molecule has 3 aromatic carbocycles. The molecular weight excluding hydrogens is 324 g/mol. The third-order valence-electron chi connectivity index (χ3n) is 5.42. The van der Waals surface area contributed by atoms with Crippen LogP contribution in [-0.2, 0) is 0 Å². The van der Waals surface area contributed by atoms with E-state index in [1.807, 2.05) is 0 Å². The Morgan fingerprint density at radius 3 is 1.67 bits per heavy atom. The Morgan fingerprint density at radius 2 is 1.07 bits per heavy atom. The summed E-state index contributed by atoms with van der Waals surface area (Å²) in [6, 6.07) is 24.5. The number of hydrogen-bond acceptors (Lipinski definition) is 0. The van der Waals surface area contributed by atoms with Crippen LogP contribution < -0.4 is 0 Å². The lowest BCUT2D eigenvalue weighted by molar-refractivity contribution is 0.791. The maximum atomic E-state index is 2.35. The second kappa shape index (κ2) is 8.13. The van der Waals surface area contributed by atoms with Crippen molar-refractivity contribution in [1.82, 2.24) is 0 Å². The van der Waals surface area contributed by atoms with Crippen LogP contribution in [0.4, 0.5) is 0 Å². The van der Waals surface area contributed by atoms with Gasteiger partial charge in [0.05, 0.1) is 0 Å². The molecule has 0 N–H and O–H groups in total. The van der Waals surface area contributed by atoms with E-state index >= 15 is 0 Å². The highest BCUT2D eigenvalue weighted by Crippen LogP contribution is 2.44. The van der Waals surface area contributed by atoms with Gasteiger partial charge in [-0.25, -0.2) is 0 Å². The van der Waals surface area contributed by atoms with E-state index in [1.165, 1.54) is 38.9 Å².